The van der Waals surface area contributed by atoms with Crippen LogP contribution in [0.1, 0.15) is 12.0 Å². The van der Waals surface area contributed by atoms with Crippen molar-refractivity contribution in [3.63, 3.8) is 0 Å². The molecule has 1 aliphatic heterocycles. The minimum Gasteiger partial charge on any atom is -0.461 e. The maximum atomic E-state index is 11.6. The Labute approximate surface area is 121 Å². The van der Waals surface area contributed by atoms with Crippen LogP contribution >= 0.6 is 0 Å². The zero-order valence-corrected chi connectivity index (χ0v) is 11.3. The molecular formula is C14H17NO6. The van der Waals surface area contributed by atoms with Crippen LogP contribution in [0.25, 0.3) is 0 Å². The fraction of sp³-hybridized carbons (Fsp3) is 0.429. The van der Waals surface area contributed by atoms with Gasteiger partial charge < -0.3 is 14.9 Å². The van der Waals surface area contributed by atoms with Gasteiger partial charge in [0, 0.05) is 0 Å². The van der Waals surface area contributed by atoms with Crippen molar-refractivity contribution in [3.8, 4) is 0 Å². The van der Waals surface area contributed by atoms with Crippen LogP contribution in [0.2, 0.25) is 0 Å². The summed E-state index contributed by atoms with van der Waals surface area (Å²) in [5.74, 6) is -1.24. The Bertz CT molecular complexity index is 491. The first kappa shape index (κ1) is 15.4. The first-order valence-corrected chi connectivity index (χ1v) is 6.58. The molecule has 114 valence electrons. The largest absolute Gasteiger partial charge is 0.461 e. The number of carbonyl (C=O) groups is 2. The number of ether oxygens (including phenoxy) is 1. The van der Waals surface area contributed by atoms with Crippen LogP contribution in [0.15, 0.2) is 30.3 Å². The van der Waals surface area contributed by atoms with E-state index in [1.54, 1.807) is 0 Å². The lowest BCUT2D eigenvalue weighted by molar-refractivity contribution is -0.234. The fourth-order valence-corrected chi connectivity index (χ4v) is 1.81. The molecule has 0 aromatic heterocycles. The molecule has 1 aromatic rings. The molecule has 0 aliphatic carbocycles. The van der Waals surface area contributed by atoms with Gasteiger partial charge >= 0.3 is 5.97 Å². The molecule has 1 aromatic carbocycles. The van der Waals surface area contributed by atoms with Gasteiger partial charge in [-0.3, -0.25) is 14.4 Å². The van der Waals surface area contributed by atoms with Crippen molar-refractivity contribution in [1.82, 2.24) is 5.06 Å². The summed E-state index contributed by atoms with van der Waals surface area (Å²) in [6.07, 6.45) is -2.81. The second kappa shape index (κ2) is 7.16. The van der Waals surface area contributed by atoms with Crippen molar-refractivity contribution < 1.29 is 29.4 Å². The Hall–Kier alpha value is -1.96. The van der Waals surface area contributed by atoms with Crippen molar-refractivity contribution in [2.75, 3.05) is 13.2 Å². The molecule has 1 heterocycles. The smallest absolute Gasteiger partial charge is 0.308 e. The lowest BCUT2D eigenvalue weighted by atomic mass is 10.2. The number of benzene rings is 1. The van der Waals surface area contributed by atoms with E-state index in [4.69, 9.17) is 9.57 Å². The predicted molar refractivity (Wildman–Crippen MR) is 70.5 cm³/mol. The van der Waals surface area contributed by atoms with E-state index in [-0.39, 0.29) is 26.2 Å². The molecule has 0 unspecified atom stereocenters. The van der Waals surface area contributed by atoms with Crippen molar-refractivity contribution in [3.05, 3.63) is 35.9 Å². The van der Waals surface area contributed by atoms with Gasteiger partial charge in [0.15, 0.2) is 6.10 Å². The second-order valence-electron chi connectivity index (χ2n) is 4.64. The molecule has 2 atom stereocenters. The number of amides is 1. The Balaban J connectivity index is 1.73. The van der Waals surface area contributed by atoms with Crippen LogP contribution < -0.4 is 0 Å². The van der Waals surface area contributed by atoms with E-state index in [2.05, 4.69) is 0 Å². The summed E-state index contributed by atoms with van der Waals surface area (Å²) < 4.78 is 5.06. The molecule has 1 saturated heterocycles. The fourth-order valence-electron chi connectivity index (χ4n) is 1.81. The summed E-state index contributed by atoms with van der Waals surface area (Å²) in [4.78, 5) is 28.1. The van der Waals surface area contributed by atoms with Gasteiger partial charge in [-0.25, -0.2) is 5.06 Å². The number of hydrogen-bond acceptors (Lipinski definition) is 6. The van der Waals surface area contributed by atoms with E-state index >= 15 is 0 Å². The van der Waals surface area contributed by atoms with Crippen LogP contribution in [-0.4, -0.2) is 52.5 Å². The van der Waals surface area contributed by atoms with Gasteiger partial charge in [0.1, 0.15) is 19.3 Å². The summed E-state index contributed by atoms with van der Waals surface area (Å²) in [6.45, 7) is -0.0575. The van der Waals surface area contributed by atoms with Gasteiger partial charge in [0.2, 0.25) is 0 Å². The average molecular weight is 295 g/mol. The predicted octanol–water partition coefficient (Wildman–Crippen LogP) is -0.384. The van der Waals surface area contributed by atoms with E-state index < -0.39 is 24.1 Å². The molecule has 1 aliphatic rings. The first-order chi connectivity index (χ1) is 10.1. The van der Waals surface area contributed by atoms with E-state index in [1.165, 1.54) is 0 Å². The van der Waals surface area contributed by atoms with Crippen molar-refractivity contribution >= 4 is 11.9 Å². The van der Waals surface area contributed by atoms with Crippen molar-refractivity contribution in [2.45, 2.75) is 25.2 Å². The number of hydroxylamine groups is 2. The molecule has 0 radical (unpaired) electrons. The molecule has 0 bridgehead atoms. The standard InChI is InChI=1S/C14H17NO6/c16-11-9-21-15(14(19)13(11)18)7-6-12(17)20-8-10-4-2-1-3-5-10/h1-5,11,13,16,18H,6-9H2/t11-,13-/m0/s1. The highest BCUT2D eigenvalue weighted by Gasteiger charge is 2.35. The van der Waals surface area contributed by atoms with Crippen LogP contribution in [-0.2, 0) is 25.8 Å². The van der Waals surface area contributed by atoms with Crippen LogP contribution in [0.3, 0.4) is 0 Å². The molecule has 7 heteroatoms. The summed E-state index contributed by atoms with van der Waals surface area (Å²) in [7, 11) is 0. The SMILES string of the molecule is O=C(CCN1OC[C@H](O)[C@H](O)C1=O)OCc1ccccc1. The minimum absolute atomic E-state index is 0.0315. The molecule has 0 spiro atoms. The van der Waals surface area contributed by atoms with Crippen molar-refractivity contribution in [2.24, 2.45) is 0 Å². The summed E-state index contributed by atoms with van der Waals surface area (Å²) >= 11 is 0. The maximum absolute atomic E-state index is 11.6. The maximum Gasteiger partial charge on any atom is 0.308 e. The molecule has 21 heavy (non-hydrogen) atoms. The third-order valence-electron chi connectivity index (χ3n) is 3.03. The number of nitrogens with zero attached hydrogens (tertiary/aromatic N) is 1. The topological polar surface area (TPSA) is 96.3 Å². The van der Waals surface area contributed by atoms with Crippen LogP contribution in [0.5, 0.6) is 0 Å². The molecular weight excluding hydrogens is 278 g/mol. The minimum atomic E-state index is -1.51. The monoisotopic (exact) mass is 295 g/mol. The van der Waals surface area contributed by atoms with Crippen LogP contribution in [0.4, 0.5) is 0 Å². The zero-order valence-electron chi connectivity index (χ0n) is 11.3. The van der Waals surface area contributed by atoms with Gasteiger partial charge in [-0.05, 0) is 5.56 Å². The molecule has 0 saturated carbocycles. The number of aliphatic hydroxyl groups is 2. The lowest BCUT2D eigenvalue weighted by Gasteiger charge is -2.31. The number of aliphatic hydroxyl groups excluding tert-OH is 2. The Morgan fingerprint density at radius 2 is 2.05 bits per heavy atom. The summed E-state index contributed by atoms with van der Waals surface area (Å²) in [5.41, 5.74) is 0.870. The van der Waals surface area contributed by atoms with Gasteiger partial charge in [0.05, 0.1) is 13.0 Å². The van der Waals surface area contributed by atoms with E-state index in [0.717, 1.165) is 10.6 Å². The molecule has 1 amide bonds. The Kier molecular flexibility index (Phi) is 5.26. The van der Waals surface area contributed by atoms with Crippen molar-refractivity contribution in [1.29, 1.82) is 0 Å². The van der Waals surface area contributed by atoms with Gasteiger partial charge in [-0.15, -0.1) is 0 Å². The molecule has 2 rings (SSSR count). The molecule has 1 fully saturated rings. The van der Waals surface area contributed by atoms with Crippen LogP contribution in [0, 0.1) is 0 Å². The number of rotatable bonds is 5. The average Bonchev–Trinajstić information content (AvgIpc) is 2.51. The number of carbonyl (C=O) groups excluding carboxylic acids is 2. The molecule has 7 nitrogen and oxygen atoms in total. The Morgan fingerprint density at radius 3 is 2.76 bits per heavy atom. The van der Waals surface area contributed by atoms with Gasteiger partial charge in [-0.2, -0.15) is 0 Å². The van der Waals surface area contributed by atoms with E-state index in [1.807, 2.05) is 30.3 Å². The summed E-state index contributed by atoms with van der Waals surface area (Å²) in [6, 6.07) is 9.22. The number of hydrogen-bond donors (Lipinski definition) is 2. The molecule has 2 N–H and O–H groups in total. The third kappa shape index (κ3) is 4.25. The first-order valence-electron chi connectivity index (χ1n) is 6.58. The third-order valence-corrected chi connectivity index (χ3v) is 3.03. The van der Waals surface area contributed by atoms with E-state index in [9.17, 15) is 19.8 Å². The summed E-state index contributed by atoms with van der Waals surface area (Å²) in [5, 5.41) is 19.5. The lowest BCUT2D eigenvalue weighted by Crippen LogP contribution is -2.53. The second-order valence-corrected chi connectivity index (χ2v) is 4.64. The highest BCUT2D eigenvalue weighted by Crippen LogP contribution is 2.11. The van der Waals surface area contributed by atoms with Gasteiger partial charge in [-0.1, -0.05) is 30.3 Å². The zero-order chi connectivity index (χ0) is 15.2. The quantitative estimate of drug-likeness (QED) is 0.719. The number of esters is 1. The Morgan fingerprint density at radius 1 is 1.33 bits per heavy atom. The normalized spacial score (nSPS) is 22.2. The highest BCUT2D eigenvalue weighted by atomic mass is 16.7. The van der Waals surface area contributed by atoms with Gasteiger partial charge in [0.25, 0.3) is 5.91 Å². The van der Waals surface area contributed by atoms with E-state index in [0.29, 0.717) is 0 Å². The highest BCUT2D eigenvalue weighted by molar-refractivity contribution is 5.81.